The Hall–Kier alpha value is -2.28. The fraction of sp³-hybridized carbons (Fsp3) is 0.448. The molecule has 2 aromatic rings. The third-order valence-corrected chi connectivity index (χ3v) is 5.87. The van der Waals surface area contributed by atoms with E-state index in [0.717, 1.165) is 18.8 Å². The van der Waals surface area contributed by atoms with Gasteiger partial charge in [-0.15, -0.1) is 0 Å². The lowest BCUT2D eigenvalue weighted by Crippen LogP contribution is -2.17. The standard InChI is InChI=1S/C27H35N.C2H6/c1-3-5-12-23(4-2)17-18-24-19-21-27(22-20-24)28(25-13-8-6-9-14-25)26-15-10-7-11-16-26;1-2/h6-10,13-15,19-23H,3-5,11-12,16-18H2,1-2H3;1-2H3. The predicted molar refractivity (Wildman–Crippen MR) is 134 cm³/mol. The number of aryl methyl sites for hydroxylation is 1. The zero-order valence-electron chi connectivity index (χ0n) is 19.6. The molecule has 0 bridgehead atoms. The topological polar surface area (TPSA) is 3.24 Å². The molecule has 0 amide bonds. The zero-order valence-corrected chi connectivity index (χ0v) is 19.6. The lowest BCUT2D eigenvalue weighted by molar-refractivity contribution is 0.422. The second kappa shape index (κ2) is 13.9. The molecule has 0 fully saturated rings. The number of rotatable bonds is 10. The van der Waals surface area contributed by atoms with E-state index in [9.17, 15) is 0 Å². The van der Waals surface area contributed by atoms with Crippen molar-refractivity contribution in [1.82, 2.24) is 0 Å². The molecule has 2 aromatic carbocycles. The van der Waals surface area contributed by atoms with Crippen molar-refractivity contribution in [3.63, 3.8) is 0 Å². The molecule has 30 heavy (non-hydrogen) atoms. The molecular weight excluding hydrogens is 362 g/mol. The van der Waals surface area contributed by atoms with Crippen LogP contribution in [0.2, 0.25) is 0 Å². The van der Waals surface area contributed by atoms with Gasteiger partial charge in [-0.3, -0.25) is 0 Å². The van der Waals surface area contributed by atoms with E-state index in [0.29, 0.717) is 0 Å². The lowest BCUT2D eigenvalue weighted by Gasteiger charge is -2.29. The minimum Gasteiger partial charge on any atom is -0.314 e. The number of anilines is 2. The maximum absolute atomic E-state index is 2.41. The summed E-state index contributed by atoms with van der Waals surface area (Å²) in [6, 6.07) is 20.0. The van der Waals surface area contributed by atoms with Gasteiger partial charge in [-0.05, 0) is 67.5 Å². The number of unbranched alkanes of at least 4 members (excludes halogenated alkanes) is 1. The summed E-state index contributed by atoms with van der Waals surface area (Å²) in [5.74, 6) is 0.875. The van der Waals surface area contributed by atoms with Gasteiger partial charge in [0.05, 0.1) is 0 Å². The van der Waals surface area contributed by atoms with E-state index in [1.165, 1.54) is 61.2 Å². The van der Waals surface area contributed by atoms with Crippen LogP contribution in [-0.2, 0) is 6.42 Å². The van der Waals surface area contributed by atoms with E-state index in [1.807, 2.05) is 13.8 Å². The number of hydrogen-bond donors (Lipinski definition) is 0. The first kappa shape index (κ1) is 24.0. The van der Waals surface area contributed by atoms with Gasteiger partial charge in [-0.1, -0.05) is 95.9 Å². The average Bonchev–Trinajstić information content (AvgIpc) is 2.83. The summed E-state index contributed by atoms with van der Waals surface area (Å²) in [5, 5.41) is 0. The van der Waals surface area contributed by atoms with Crippen LogP contribution in [0.3, 0.4) is 0 Å². The predicted octanol–water partition coefficient (Wildman–Crippen LogP) is 9.23. The van der Waals surface area contributed by atoms with E-state index < -0.39 is 0 Å². The van der Waals surface area contributed by atoms with Crippen LogP contribution in [0.1, 0.15) is 78.2 Å². The van der Waals surface area contributed by atoms with Gasteiger partial charge in [0, 0.05) is 17.1 Å². The van der Waals surface area contributed by atoms with Crippen LogP contribution >= 0.6 is 0 Å². The van der Waals surface area contributed by atoms with Crippen LogP contribution in [0.15, 0.2) is 78.5 Å². The van der Waals surface area contributed by atoms with Gasteiger partial charge in [-0.2, -0.15) is 0 Å². The first-order valence-corrected chi connectivity index (χ1v) is 12.1. The summed E-state index contributed by atoms with van der Waals surface area (Å²) >= 11 is 0. The first-order chi connectivity index (χ1) is 14.8. The van der Waals surface area contributed by atoms with Crippen molar-refractivity contribution in [2.45, 2.75) is 79.1 Å². The number of nitrogens with zero attached hydrogens (tertiary/aromatic N) is 1. The normalized spacial score (nSPS) is 13.8. The highest BCUT2D eigenvalue weighted by Gasteiger charge is 2.15. The minimum absolute atomic E-state index is 0.875. The van der Waals surface area contributed by atoms with Crippen molar-refractivity contribution < 1.29 is 0 Å². The van der Waals surface area contributed by atoms with Gasteiger partial charge in [0.1, 0.15) is 0 Å². The third-order valence-electron chi connectivity index (χ3n) is 5.87. The van der Waals surface area contributed by atoms with Crippen LogP contribution < -0.4 is 4.90 Å². The van der Waals surface area contributed by atoms with Crippen molar-refractivity contribution >= 4 is 11.4 Å². The molecule has 0 N–H and O–H groups in total. The summed E-state index contributed by atoms with van der Waals surface area (Å²) in [6.45, 7) is 8.63. The fourth-order valence-electron chi connectivity index (χ4n) is 4.06. The van der Waals surface area contributed by atoms with E-state index >= 15 is 0 Å². The molecule has 1 aliphatic rings. The number of allylic oxidation sites excluding steroid dienone is 4. The van der Waals surface area contributed by atoms with E-state index in [2.05, 4.69) is 91.6 Å². The molecule has 0 spiro atoms. The number of hydrogen-bond acceptors (Lipinski definition) is 1. The van der Waals surface area contributed by atoms with E-state index in [1.54, 1.807) is 0 Å². The molecular formula is C29H41N. The highest BCUT2D eigenvalue weighted by atomic mass is 15.1. The average molecular weight is 404 g/mol. The van der Waals surface area contributed by atoms with Crippen LogP contribution in [0, 0.1) is 5.92 Å². The van der Waals surface area contributed by atoms with E-state index in [-0.39, 0.29) is 0 Å². The Labute approximate surface area is 185 Å². The zero-order chi connectivity index (χ0) is 21.6. The van der Waals surface area contributed by atoms with Crippen LogP contribution in [0.25, 0.3) is 0 Å². The molecule has 0 aromatic heterocycles. The summed E-state index contributed by atoms with van der Waals surface area (Å²) in [5.41, 5.74) is 5.33. The van der Waals surface area contributed by atoms with Gasteiger partial charge >= 0.3 is 0 Å². The van der Waals surface area contributed by atoms with Gasteiger partial charge in [0.15, 0.2) is 0 Å². The summed E-state index contributed by atoms with van der Waals surface area (Å²) in [7, 11) is 0. The van der Waals surface area contributed by atoms with Crippen LogP contribution in [0.4, 0.5) is 11.4 Å². The smallest absolute Gasteiger partial charge is 0.0458 e. The third kappa shape index (κ3) is 7.20. The van der Waals surface area contributed by atoms with Gasteiger partial charge in [0.25, 0.3) is 0 Å². The van der Waals surface area contributed by atoms with Crippen molar-refractivity contribution in [1.29, 1.82) is 0 Å². The molecule has 3 rings (SSSR count). The van der Waals surface area contributed by atoms with Gasteiger partial charge < -0.3 is 4.90 Å². The largest absolute Gasteiger partial charge is 0.314 e. The molecule has 1 unspecified atom stereocenters. The van der Waals surface area contributed by atoms with Crippen molar-refractivity contribution in [2.24, 2.45) is 5.92 Å². The molecule has 1 aliphatic carbocycles. The summed E-state index contributed by atoms with van der Waals surface area (Å²) < 4.78 is 0. The Kier molecular flexibility index (Phi) is 11.1. The quantitative estimate of drug-likeness (QED) is 0.382. The Morgan fingerprint density at radius 2 is 1.57 bits per heavy atom. The Morgan fingerprint density at radius 3 is 2.17 bits per heavy atom. The van der Waals surface area contributed by atoms with Crippen molar-refractivity contribution in [3.8, 4) is 0 Å². The monoisotopic (exact) mass is 403 g/mol. The summed E-state index contributed by atoms with van der Waals surface area (Å²) in [6.07, 6.45) is 16.8. The van der Waals surface area contributed by atoms with Crippen LogP contribution in [-0.4, -0.2) is 0 Å². The Morgan fingerprint density at radius 1 is 0.867 bits per heavy atom. The molecule has 0 saturated heterocycles. The Balaban J connectivity index is 0.00000155. The van der Waals surface area contributed by atoms with Crippen molar-refractivity contribution in [3.05, 3.63) is 84.1 Å². The minimum atomic E-state index is 0.875. The molecule has 1 nitrogen and oxygen atoms in total. The second-order valence-electron chi connectivity index (χ2n) is 7.92. The molecule has 0 heterocycles. The highest BCUT2D eigenvalue weighted by molar-refractivity contribution is 5.69. The number of benzene rings is 2. The summed E-state index contributed by atoms with van der Waals surface area (Å²) in [4.78, 5) is 2.41. The number of para-hydroxylation sites is 1. The maximum atomic E-state index is 2.41. The maximum Gasteiger partial charge on any atom is 0.0458 e. The van der Waals surface area contributed by atoms with Crippen LogP contribution in [0.5, 0.6) is 0 Å². The SMILES string of the molecule is CC.CCCCC(CC)CCc1ccc(N(C2=CC=CCC2)c2ccccc2)cc1. The molecule has 1 heteroatoms. The van der Waals surface area contributed by atoms with E-state index in [4.69, 9.17) is 0 Å². The molecule has 0 radical (unpaired) electrons. The molecule has 0 aliphatic heterocycles. The molecule has 0 saturated carbocycles. The molecule has 1 atom stereocenters. The van der Waals surface area contributed by atoms with Gasteiger partial charge in [0.2, 0.25) is 0 Å². The van der Waals surface area contributed by atoms with Crippen molar-refractivity contribution in [2.75, 3.05) is 4.90 Å². The Bertz CT molecular complexity index is 755. The fourth-order valence-corrected chi connectivity index (χ4v) is 4.06. The second-order valence-corrected chi connectivity index (χ2v) is 7.92. The lowest BCUT2D eigenvalue weighted by atomic mass is 9.92. The first-order valence-electron chi connectivity index (χ1n) is 12.1. The molecule has 162 valence electrons. The van der Waals surface area contributed by atoms with Gasteiger partial charge in [-0.25, -0.2) is 0 Å². The highest BCUT2D eigenvalue weighted by Crippen LogP contribution is 2.33.